The van der Waals surface area contributed by atoms with E-state index >= 15 is 0 Å². The number of carbonyl (C=O) groups is 1. The summed E-state index contributed by atoms with van der Waals surface area (Å²) in [5, 5.41) is 21.2. The van der Waals surface area contributed by atoms with Crippen molar-refractivity contribution < 1.29 is 15.0 Å². The normalized spacial score (nSPS) is 12.7. The van der Waals surface area contributed by atoms with Crippen LogP contribution in [0, 0.1) is 5.92 Å². The maximum absolute atomic E-state index is 11.7. The quantitative estimate of drug-likeness (QED) is 0.667. The molecular formula is C19H18ClNO3S. The van der Waals surface area contributed by atoms with Crippen LogP contribution in [0.1, 0.15) is 29.8 Å². The topological polar surface area (TPSA) is 70.4 Å². The lowest BCUT2D eigenvalue weighted by Crippen LogP contribution is -2.20. The number of carboxylic acid groups (broad SMARTS) is 1. The highest BCUT2D eigenvalue weighted by Gasteiger charge is 2.21. The number of aliphatic hydroxyl groups excluding tert-OH is 1. The van der Waals surface area contributed by atoms with Crippen LogP contribution in [0.4, 0.5) is 0 Å². The molecule has 25 heavy (non-hydrogen) atoms. The molecule has 1 heterocycles. The summed E-state index contributed by atoms with van der Waals surface area (Å²) >= 11 is 7.51. The summed E-state index contributed by atoms with van der Waals surface area (Å²) in [5.41, 5.74) is 2.38. The van der Waals surface area contributed by atoms with Crippen molar-refractivity contribution in [2.75, 3.05) is 0 Å². The van der Waals surface area contributed by atoms with Gasteiger partial charge in [0.05, 0.1) is 21.9 Å². The molecule has 6 heteroatoms. The zero-order valence-electron chi connectivity index (χ0n) is 13.9. The maximum Gasteiger partial charge on any atom is 0.335 e. The van der Waals surface area contributed by atoms with E-state index in [0.29, 0.717) is 10.6 Å². The molecule has 1 unspecified atom stereocenters. The predicted octanol–water partition coefficient (Wildman–Crippen LogP) is 4.87. The van der Waals surface area contributed by atoms with Crippen LogP contribution in [-0.4, -0.2) is 27.3 Å². The minimum absolute atomic E-state index is 0.0314. The summed E-state index contributed by atoms with van der Waals surface area (Å²) in [6, 6.07) is 10.6. The van der Waals surface area contributed by atoms with E-state index in [1.807, 2.05) is 32.0 Å². The van der Waals surface area contributed by atoms with E-state index in [-0.39, 0.29) is 17.9 Å². The van der Waals surface area contributed by atoms with Crippen molar-refractivity contribution in [2.24, 2.45) is 5.92 Å². The first-order chi connectivity index (χ1) is 11.9. The van der Waals surface area contributed by atoms with Crippen LogP contribution < -0.4 is 0 Å². The van der Waals surface area contributed by atoms with Crippen molar-refractivity contribution in [3.05, 3.63) is 52.5 Å². The molecule has 1 aromatic heterocycles. The number of aromatic carboxylic acids is 1. The van der Waals surface area contributed by atoms with Gasteiger partial charge in [0.2, 0.25) is 0 Å². The minimum Gasteiger partial charge on any atom is -0.478 e. The van der Waals surface area contributed by atoms with Gasteiger partial charge >= 0.3 is 5.97 Å². The third kappa shape index (κ3) is 3.68. The molecule has 0 saturated heterocycles. The van der Waals surface area contributed by atoms with Crippen molar-refractivity contribution in [1.82, 2.24) is 4.98 Å². The van der Waals surface area contributed by atoms with Crippen LogP contribution >= 0.6 is 22.9 Å². The fourth-order valence-electron chi connectivity index (χ4n) is 2.67. The van der Waals surface area contributed by atoms with Crippen LogP contribution in [0.2, 0.25) is 5.02 Å². The van der Waals surface area contributed by atoms with Crippen molar-refractivity contribution in [1.29, 1.82) is 0 Å². The molecule has 0 bridgehead atoms. The van der Waals surface area contributed by atoms with Crippen LogP contribution in [-0.2, 0) is 6.42 Å². The van der Waals surface area contributed by atoms with Crippen molar-refractivity contribution in [3.63, 3.8) is 0 Å². The summed E-state index contributed by atoms with van der Waals surface area (Å²) in [6.07, 6.45) is -0.352. The molecule has 0 amide bonds. The van der Waals surface area contributed by atoms with Crippen LogP contribution in [0.3, 0.4) is 0 Å². The fourth-order valence-corrected chi connectivity index (χ4v) is 3.96. The van der Waals surface area contributed by atoms with Gasteiger partial charge in [-0.3, -0.25) is 0 Å². The van der Waals surface area contributed by atoms with Gasteiger partial charge in [-0.05, 0) is 35.7 Å². The van der Waals surface area contributed by atoms with Crippen molar-refractivity contribution >= 4 is 39.1 Å². The van der Waals surface area contributed by atoms with Gasteiger partial charge in [-0.1, -0.05) is 37.6 Å². The van der Waals surface area contributed by atoms with Gasteiger partial charge in [0.25, 0.3) is 0 Å². The molecule has 0 spiro atoms. The molecule has 2 aromatic carbocycles. The van der Waals surface area contributed by atoms with Gasteiger partial charge in [-0.15, -0.1) is 11.3 Å². The smallest absolute Gasteiger partial charge is 0.335 e. The van der Waals surface area contributed by atoms with Gasteiger partial charge in [-0.2, -0.15) is 0 Å². The average Bonchev–Trinajstić information content (AvgIpc) is 2.97. The molecule has 3 aromatic rings. The predicted molar refractivity (Wildman–Crippen MR) is 102 cm³/mol. The van der Waals surface area contributed by atoms with Gasteiger partial charge in [0.15, 0.2) is 0 Å². The summed E-state index contributed by atoms with van der Waals surface area (Å²) in [6.45, 7) is 3.82. The molecule has 4 nitrogen and oxygen atoms in total. The molecule has 0 aliphatic carbocycles. The fraction of sp³-hybridized carbons (Fsp3) is 0.263. The SMILES string of the molecule is CC(C)C(O)Cc1c(C(=O)O)cccc1-c1nc2ccc(Cl)cc2s1. The number of carboxylic acids is 1. The number of aromatic nitrogens is 1. The first-order valence-corrected chi connectivity index (χ1v) is 9.16. The van der Waals surface area contributed by atoms with Gasteiger partial charge in [0, 0.05) is 17.0 Å². The van der Waals surface area contributed by atoms with E-state index in [1.165, 1.54) is 11.3 Å². The van der Waals surface area contributed by atoms with E-state index in [4.69, 9.17) is 11.6 Å². The van der Waals surface area contributed by atoms with Gasteiger partial charge in [-0.25, -0.2) is 9.78 Å². The lowest BCUT2D eigenvalue weighted by atomic mass is 9.92. The number of nitrogens with zero attached hydrogens (tertiary/aromatic N) is 1. The Kier molecular flexibility index (Phi) is 5.08. The first-order valence-electron chi connectivity index (χ1n) is 7.96. The van der Waals surface area contributed by atoms with Crippen LogP contribution in [0.25, 0.3) is 20.8 Å². The molecule has 0 aliphatic rings. The standard InChI is InChI=1S/C19H18ClNO3S/c1-10(2)16(22)9-14-12(4-3-5-13(14)19(23)24)18-21-15-7-6-11(20)8-17(15)25-18/h3-8,10,16,22H,9H2,1-2H3,(H,23,24). The Hall–Kier alpha value is -1.95. The third-order valence-corrected chi connectivity index (χ3v) is 5.46. The Bertz CT molecular complexity index is 936. The highest BCUT2D eigenvalue weighted by atomic mass is 35.5. The number of benzene rings is 2. The summed E-state index contributed by atoms with van der Waals surface area (Å²) in [4.78, 5) is 16.3. The zero-order valence-corrected chi connectivity index (χ0v) is 15.4. The zero-order chi connectivity index (χ0) is 18.1. The minimum atomic E-state index is -1.00. The maximum atomic E-state index is 11.7. The molecule has 130 valence electrons. The number of fused-ring (bicyclic) bond motifs is 1. The van der Waals surface area contributed by atoms with E-state index < -0.39 is 12.1 Å². The van der Waals surface area contributed by atoms with E-state index in [1.54, 1.807) is 18.2 Å². The Morgan fingerprint density at radius 3 is 2.72 bits per heavy atom. The van der Waals surface area contributed by atoms with Crippen molar-refractivity contribution in [3.8, 4) is 10.6 Å². The van der Waals surface area contributed by atoms with Gasteiger partial charge in [0.1, 0.15) is 5.01 Å². The largest absolute Gasteiger partial charge is 0.478 e. The van der Waals surface area contributed by atoms with E-state index in [0.717, 1.165) is 20.8 Å². The highest BCUT2D eigenvalue weighted by Crippen LogP contribution is 2.35. The van der Waals surface area contributed by atoms with Crippen LogP contribution in [0.5, 0.6) is 0 Å². The molecular weight excluding hydrogens is 358 g/mol. The lowest BCUT2D eigenvalue weighted by Gasteiger charge is -2.18. The summed E-state index contributed by atoms with van der Waals surface area (Å²) in [5.74, 6) is -0.971. The second-order valence-corrected chi connectivity index (χ2v) is 7.75. The average molecular weight is 376 g/mol. The van der Waals surface area contributed by atoms with Gasteiger partial charge < -0.3 is 10.2 Å². The second-order valence-electron chi connectivity index (χ2n) is 6.28. The molecule has 1 atom stereocenters. The number of rotatable bonds is 5. The third-order valence-electron chi connectivity index (χ3n) is 4.17. The first kappa shape index (κ1) is 17.9. The Labute approximate surface area is 154 Å². The number of halogens is 1. The second kappa shape index (κ2) is 7.12. The molecule has 2 N–H and O–H groups in total. The highest BCUT2D eigenvalue weighted by molar-refractivity contribution is 7.21. The van der Waals surface area contributed by atoms with Crippen LogP contribution in [0.15, 0.2) is 36.4 Å². The molecule has 0 saturated carbocycles. The number of hydrogen-bond donors (Lipinski definition) is 2. The number of hydrogen-bond acceptors (Lipinski definition) is 4. The number of thiazole rings is 1. The molecule has 0 fully saturated rings. The van der Waals surface area contributed by atoms with E-state index in [2.05, 4.69) is 4.98 Å². The van der Waals surface area contributed by atoms with Crippen molar-refractivity contribution in [2.45, 2.75) is 26.4 Å². The molecule has 0 radical (unpaired) electrons. The molecule has 3 rings (SSSR count). The Morgan fingerprint density at radius 1 is 1.28 bits per heavy atom. The lowest BCUT2D eigenvalue weighted by molar-refractivity contribution is 0.0693. The number of aliphatic hydroxyl groups is 1. The summed E-state index contributed by atoms with van der Waals surface area (Å²) < 4.78 is 0.943. The van der Waals surface area contributed by atoms with E-state index in [9.17, 15) is 15.0 Å². The molecule has 0 aliphatic heterocycles. The summed E-state index contributed by atoms with van der Waals surface area (Å²) in [7, 11) is 0. The monoisotopic (exact) mass is 375 g/mol. The Morgan fingerprint density at radius 2 is 2.04 bits per heavy atom. The Balaban J connectivity index is 2.16.